The number of rotatable bonds is 5. The minimum Gasteiger partial charge on any atom is -0.478 e. The van der Waals surface area contributed by atoms with Crippen molar-refractivity contribution in [3.63, 3.8) is 0 Å². The molecule has 0 bridgehead atoms. The van der Waals surface area contributed by atoms with Crippen molar-refractivity contribution in [1.82, 2.24) is 9.21 Å². The summed E-state index contributed by atoms with van der Waals surface area (Å²) in [5, 5.41) is 3.26. The zero-order valence-electron chi connectivity index (χ0n) is 18.0. The van der Waals surface area contributed by atoms with Crippen molar-refractivity contribution >= 4 is 45.2 Å². The van der Waals surface area contributed by atoms with Gasteiger partial charge in [-0.1, -0.05) is 36.7 Å². The van der Waals surface area contributed by atoms with Gasteiger partial charge in [-0.3, -0.25) is 9.59 Å². The summed E-state index contributed by atoms with van der Waals surface area (Å²) in [6.45, 7) is 2.73. The normalized spacial score (nSPS) is 19.2. The molecule has 2 heterocycles. The van der Waals surface area contributed by atoms with Gasteiger partial charge in [-0.2, -0.15) is 4.31 Å². The summed E-state index contributed by atoms with van der Waals surface area (Å²) < 4.78 is 33.3. The first-order valence-electron chi connectivity index (χ1n) is 10.6. The summed E-state index contributed by atoms with van der Waals surface area (Å²) >= 11 is 6.11. The number of nitrogens with one attached hydrogen (secondary N) is 1. The van der Waals surface area contributed by atoms with Crippen LogP contribution in [0.1, 0.15) is 18.9 Å². The molecule has 0 aromatic heterocycles. The van der Waals surface area contributed by atoms with E-state index in [1.807, 2.05) is 25.1 Å². The van der Waals surface area contributed by atoms with Gasteiger partial charge in [0, 0.05) is 37.3 Å². The lowest BCUT2D eigenvalue weighted by molar-refractivity contribution is -0.127. The van der Waals surface area contributed by atoms with Gasteiger partial charge in [0.15, 0.2) is 6.10 Å². The number of fused-ring (bicyclic) bond motifs is 1. The van der Waals surface area contributed by atoms with E-state index in [4.69, 9.17) is 16.3 Å². The Kier molecular flexibility index (Phi) is 6.73. The number of hydrogen-bond acceptors (Lipinski definition) is 5. The molecule has 1 saturated heterocycles. The monoisotopic (exact) mass is 489 g/mol. The van der Waals surface area contributed by atoms with Crippen molar-refractivity contribution in [2.24, 2.45) is 0 Å². The number of carbonyl (C=O) groups is 2. The Morgan fingerprint density at radius 3 is 2.61 bits per heavy atom. The fourth-order valence-corrected chi connectivity index (χ4v) is 5.38. The number of hydrogen-bond donors (Lipinski definition) is 1. The molecule has 0 radical (unpaired) electrons. The van der Waals surface area contributed by atoms with Gasteiger partial charge in [-0.05, 0) is 42.3 Å². The molecular weight excluding hydrogens is 466 g/mol. The van der Waals surface area contributed by atoms with Crippen LogP contribution in [0.2, 0.25) is 5.02 Å². The Labute approximate surface area is 197 Å². The maximum atomic E-state index is 13.1. The molecule has 174 valence electrons. The molecule has 2 amide bonds. The quantitative estimate of drug-likeness (QED) is 0.651. The van der Waals surface area contributed by atoms with Gasteiger partial charge in [-0.25, -0.2) is 8.42 Å². The Bertz CT molecular complexity index is 1210. The molecule has 4 rings (SSSR count). The van der Waals surface area contributed by atoms with Gasteiger partial charge in [-0.15, -0.1) is 0 Å². The zero-order valence-corrected chi connectivity index (χ0v) is 19.6. The van der Waals surface area contributed by atoms with E-state index in [-0.39, 0.29) is 42.9 Å². The standard InChI is InChI=1S/C23H24ClN3O5S/c1-2-20-23(29)25-19-15-17(8-9-21(19)32-20)33(30,31)27-13-11-26(12-14-27)22(28)10-7-16-5-3-4-6-18(16)24/h3-10,15,20H,2,11-14H2,1H3,(H,25,29). The number of sulfonamides is 1. The summed E-state index contributed by atoms with van der Waals surface area (Å²) in [4.78, 5) is 26.3. The molecule has 2 aliphatic rings. The number of halogens is 1. The van der Waals surface area contributed by atoms with Gasteiger partial charge < -0.3 is 15.0 Å². The molecule has 10 heteroatoms. The average molecular weight is 490 g/mol. The van der Waals surface area contributed by atoms with E-state index in [1.54, 1.807) is 23.1 Å². The lowest BCUT2D eigenvalue weighted by Gasteiger charge is -2.33. The molecule has 0 spiro atoms. The third kappa shape index (κ3) is 4.90. The fraction of sp³-hybridized carbons (Fsp3) is 0.304. The summed E-state index contributed by atoms with van der Waals surface area (Å²) in [5.74, 6) is -0.0521. The predicted octanol–water partition coefficient (Wildman–Crippen LogP) is 3.00. The largest absolute Gasteiger partial charge is 0.478 e. The first-order valence-corrected chi connectivity index (χ1v) is 12.4. The number of carbonyl (C=O) groups excluding carboxylic acids is 2. The molecule has 8 nitrogen and oxygen atoms in total. The van der Waals surface area contributed by atoms with E-state index in [1.165, 1.54) is 22.5 Å². The Morgan fingerprint density at radius 1 is 1.18 bits per heavy atom. The van der Waals surface area contributed by atoms with Crippen LogP contribution in [-0.2, 0) is 19.6 Å². The summed E-state index contributed by atoms with van der Waals surface area (Å²) in [7, 11) is -3.79. The average Bonchev–Trinajstić information content (AvgIpc) is 2.82. The first kappa shape index (κ1) is 23.3. The van der Waals surface area contributed by atoms with E-state index in [0.29, 0.717) is 22.9 Å². The lowest BCUT2D eigenvalue weighted by atomic mass is 10.2. The van der Waals surface area contributed by atoms with Gasteiger partial charge in [0.1, 0.15) is 5.75 Å². The van der Waals surface area contributed by atoms with Crippen LogP contribution in [0.15, 0.2) is 53.4 Å². The van der Waals surface area contributed by atoms with Crippen molar-refractivity contribution in [2.45, 2.75) is 24.3 Å². The first-order chi connectivity index (χ1) is 15.8. The summed E-state index contributed by atoms with van der Waals surface area (Å²) in [6, 6.07) is 11.7. The van der Waals surface area contributed by atoms with Crippen molar-refractivity contribution in [2.75, 3.05) is 31.5 Å². The number of benzene rings is 2. The van der Waals surface area contributed by atoms with Crippen LogP contribution in [-0.4, -0.2) is 61.7 Å². The van der Waals surface area contributed by atoms with E-state index < -0.39 is 16.1 Å². The SMILES string of the molecule is CCC1Oc2ccc(S(=O)(=O)N3CCN(C(=O)C=Cc4ccccc4Cl)CC3)cc2NC1=O. The maximum absolute atomic E-state index is 13.1. The zero-order chi connectivity index (χ0) is 23.6. The van der Waals surface area contributed by atoms with E-state index >= 15 is 0 Å². The second-order valence-corrected chi connectivity index (χ2v) is 10.1. The van der Waals surface area contributed by atoms with Crippen LogP contribution >= 0.6 is 11.6 Å². The minimum absolute atomic E-state index is 0.0680. The third-order valence-electron chi connectivity index (χ3n) is 5.64. The van der Waals surface area contributed by atoms with Crippen LogP contribution < -0.4 is 10.1 Å². The fourth-order valence-electron chi connectivity index (χ4n) is 3.73. The van der Waals surface area contributed by atoms with Gasteiger partial charge >= 0.3 is 0 Å². The number of piperazine rings is 1. The topological polar surface area (TPSA) is 96.0 Å². The minimum atomic E-state index is -3.79. The number of nitrogens with zero attached hydrogens (tertiary/aromatic N) is 2. The van der Waals surface area contributed by atoms with Crippen molar-refractivity contribution < 1.29 is 22.7 Å². The Balaban J connectivity index is 1.41. The smallest absolute Gasteiger partial charge is 0.265 e. The molecule has 2 aliphatic heterocycles. The highest BCUT2D eigenvalue weighted by atomic mass is 35.5. The molecule has 1 atom stereocenters. The third-order valence-corrected chi connectivity index (χ3v) is 7.88. The van der Waals surface area contributed by atoms with E-state index in [2.05, 4.69) is 5.32 Å². The molecule has 0 saturated carbocycles. The highest BCUT2D eigenvalue weighted by Crippen LogP contribution is 2.33. The molecule has 2 aromatic carbocycles. The Hall–Kier alpha value is -2.88. The van der Waals surface area contributed by atoms with Gasteiger partial charge in [0.05, 0.1) is 10.6 Å². The molecule has 33 heavy (non-hydrogen) atoms. The van der Waals surface area contributed by atoms with Crippen LogP contribution in [0.5, 0.6) is 5.75 Å². The second-order valence-electron chi connectivity index (χ2n) is 7.75. The molecule has 1 fully saturated rings. The van der Waals surface area contributed by atoms with Crippen molar-refractivity contribution in [3.8, 4) is 5.75 Å². The Morgan fingerprint density at radius 2 is 1.91 bits per heavy atom. The maximum Gasteiger partial charge on any atom is 0.265 e. The molecule has 0 aliphatic carbocycles. The highest BCUT2D eigenvalue weighted by Gasteiger charge is 2.32. The predicted molar refractivity (Wildman–Crippen MR) is 126 cm³/mol. The second kappa shape index (κ2) is 9.54. The van der Waals surface area contributed by atoms with Gasteiger partial charge in [0.2, 0.25) is 15.9 Å². The van der Waals surface area contributed by atoms with Crippen LogP contribution in [0.3, 0.4) is 0 Å². The lowest BCUT2D eigenvalue weighted by Crippen LogP contribution is -2.50. The molecule has 1 unspecified atom stereocenters. The van der Waals surface area contributed by atoms with E-state index in [9.17, 15) is 18.0 Å². The number of ether oxygens (including phenoxy) is 1. The van der Waals surface area contributed by atoms with E-state index in [0.717, 1.165) is 5.56 Å². The number of anilines is 1. The molecule has 1 N–H and O–H groups in total. The number of amides is 2. The van der Waals surface area contributed by atoms with Crippen molar-refractivity contribution in [1.29, 1.82) is 0 Å². The van der Waals surface area contributed by atoms with Crippen LogP contribution in [0.25, 0.3) is 6.08 Å². The highest BCUT2D eigenvalue weighted by molar-refractivity contribution is 7.89. The van der Waals surface area contributed by atoms with Crippen LogP contribution in [0, 0.1) is 0 Å². The van der Waals surface area contributed by atoms with Crippen LogP contribution in [0.4, 0.5) is 5.69 Å². The molecule has 2 aromatic rings. The summed E-state index contributed by atoms with van der Waals surface area (Å²) in [5.41, 5.74) is 1.08. The molecular formula is C23H24ClN3O5S. The summed E-state index contributed by atoms with van der Waals surface area (Å²) in [6.07, 6.45) is 3.03. The van der Waals surface area contributed by atoms with Gasteiger partial charge in [0.25, 0.3) is 5.91 Å². The van der Waals surface area contributed by atoms with Crippen molar-refractivity contribution in [3.05, 3.63) is 59.1 Å².